The van der Waals surface area contributed by atoms with Gasteiger partial charge >= 0.3 is 0 Å². The van der Waals surface area contributed by atoms with Crippen LogP contribution in [-0.2, 0) is 18.3 Å². The molecule has 1 saturated heterocycles. The van der Waals surface area contributed by atoms with Gasteiger partial charge in [-0.15, -0.1) is 0 Å². The fourth-order valence-electron chi connectivity index (χ4n) is 3.53. The van der Waals surface area contributed by atoms with Gasteiger partial charge in [-0.25, -0.2) is 14.1 Å². The van der Waals surface area contributed by atoms with Crippen molar-refractivity contribution in [3.63, 3.8) is 0 Å². The number of rotatable bonds is 5. The first-order chi connectivity index (χ1) is 14.7. The maximum atomic E-state index is 14.2. The molecule has 4 heterocycles. The minimum absolute atomic E-state index is 0.0949. The highest BCUT2D eigenvalue weighted by atomic mass is 19.1. The number of benzene rings is 1. The molecule has 9 nitrogen and oxygen atoms in total. The molecule has 5 rings (SSSR count). The lowest BCUT2D eigenvalue weighted by atomic mass is 10.1. The summed E-state index contributed by atoms with van der Waals surface area (Å²) in [5, 5.41) is 12.6. The molecule has 0 bridgehead atoms. The number of anilines is 3. The molecule has 0 radical (unpaired) electrons. The molecule has 1 N–H and O–H groups in total. The minimum Gasteiger partial charge on any atom is -0.375 e. The molecule has 154 valence electrons. The molecule has 1 unspecified atom stereocenters. The minimum atomic E-state index is -1.13. The first-order valence-corrected chi connectivity index (χ1v) is 9.67. The standard InChI is InChI=1S/C20H21FN8O/c1-27-12-16(10-23-27)25-20-22-8-15-9-24-29(19(15)26-20)11-14-3-2-4-17(7-14)28-5-6-30-13-18(28)21/h2-4,7-10,12,18H,5-6,11,13H2,1H3,(H,22,25,26). The van der Waals surface area contributed by atoms with Crippen LogP contribution in [-0.4, -0.2) is 55.6 Å². The molecule has 0 aliphatic carbocycles. The summed E-state index contributed by atoms with van der Waals surface area (Å²) in [6.07, 6.45) is 5.91. The Balaban J connectivity index is 1.40. The Morgan fingerprint density at radius 2 is 2.17 bits per heavy atom. The quantitative estimate of drug-likeness (QED) is 0.508. The number of halogens is 1. The average molecular weight is 408 g/mol. The van der Waals surface area contributed by atoms with E-state index in [0.29, 0.717) is 25.6 Å². The zero-order valence-electron chi connectivity index (χ0n) is 16.4. The smallest absolute Gasteiger partial charge is 0.229 e. The summed E-state index contributed by atoms with van der Waals surface area (Å²) >= 11 is 0. The van der Waals surface area contributed by atoms with E-state index in [4.69, 9.17) is 4.74 Å². The van der Waals surface area contributed by atoms with Gasteiger partial charge in [0.25, 0.3) is 0 Å². The molecule has 4 aromatic rings. The van der Waals surface area contributed by atoms with Crippen LogP contribution in [0.3, 0.4) is 0 Å². The largest absolute Gasteiger partial charge is 0.375 e. The van der Waals surface area contributed by atoms with E-state index in [2.05, 4.69) is 25.5 Å². The SMILES string of the molecule is Cn1cc(Nc2ncc3cnn(Cc4cccc(N5CCOCC5F)c4)c3n2)cn1. The number of hydrogen-bond donors (Lipinski definition) is 1. The highest BCUT2D eigenvalue weighted by molar-refractivity contribution is 5.75. The van der Waals surface area contributed by atoms with Crippen molar-refractivity contribution in [3.05, 3.63) is 54.6 Å². The third-order valence-electron chi connectivity index (χ3n) is 4.98. The summed E-state index contributed by atoms with van der Waals surface area (Å²) in [6, 6.07) is 7.84. The van der Waals surface area contributed by atoms with E-state index in [1.165, 1.54) is 0 Å². The Morgan fingerprint density at radius 3 is 3.00 bits per heavy atom. The number of nitrogens with zero attached hydrogens (tertiary/aromatic N) is 7. The summed E-state index contributed by atoms with van der Waals surface area (Å²) < 4.78 is 22.9. The van der Waals surface area contributed by atoms with Crippen molar-refractivity contribution in [1.82, 2.24) is 29.5 Å². The summed E-state index contributed by atoms with van der Waals surface area (Å²) in [5.74, 6) is 0.472. The van der Waals surface area contributed by atoms with E-state index in [-0.39, 0.29) is 6.61 Å². The number of aromatic nitrogens is 6. The van der Waals surface area contributed by atoms with Gasteiger partial charge in [-0.3, -0.25) is 4.68 Å². The monoisotopic (exact) mass is 408 g/mol. The van der Waals surface area contributed by atoms with Crippen LogP contribution in [0.15, 0.2) is 49.1 Å². The molecule has 0 saturated carbocycles. The third kappa shape index (κ3) is 3.69. The normalized spacial score (nSPS) is 16.9. The van der Waals surface area contributed by atoms with Gasteiger partial charge in [0.1, 0.15) is 0 Å². The number of fused-ring (bicyclic) bond motifs is 1. The number of hydrogen-bond acceptors (Lipinski definition) is 7. The topological polar surface area (TPSA) is 85.9 Å². The van der Waals surface area contributed by atoms with E-state index in [1.807, 2.05) is 42.2 Å². The van der Waals surface area contributed by atoms with Gasteiger partial charge in [-0.05, 0) is 17.7 Å². The highest BCUT2D eigenvalue weighted by Gasteiger charge is 2.22. The zero-order chi connectivity index (χ0) is 20.5. The van der Waals surface area contributed by atoms with E-state index in [9.17, 15) is 4.39 Å². The Hall–Kier alpha value is -3.53. The number of ether oxygens (including phenoxy) is 1. The van der Waals surface area contributed by atoms with Gasteiger partial charge in [0.05, 0.1) is 43.2 Å². The molecule has 10 heteroatoms. The van der Waals surface area contributed by atoms with Crippen LogP contribution in [0, 0.1) is 0 Å². The lowest BCUT2D eigenvalue weighted by Gasteiger charge is -2.32. The van der Waals surface area contributed by atoms with Crippen molar-refractivity contribution in [1.29, 1.82) is 0 Å². The third-order valence-corrected chi connectivity index (χ3v) is 4.98. The molecular weight excluding hydrogens is 387 g/mol. The predicted octanol–water partition coefficient (Wildman–Crippen LogP) is 2.48. The molecule has 30 heavy (non-hydrogen) atoms. The molecular formula is C20H21FN8O. The second-order valence-electron chi connectivity index (χ2n) is 7.18. The van der Waals surface area contributed by atoms with Gasteiger partial charge in [-0.1, -0.05) is 12.1 Å². The van der Waals surface area contributed by atoms with Crippen molar-refractivity contribution < 1.29 is 9.13 Å². The number of nitrogens with one attached hydrogen (secondary N) is 1. The molecule has 1 aromatic carbocycles. The first kappa shape index (κ1) is 18.5. The maximum absolute atomic E-state index is 14.2. The van der Waals surface area contributed by atoms with Gasteiger partial charge in [0.2, 0.25) is 5.95 Å². The molecule has 0 amide bonds. The fraction of sp³-hybridized carbons (Fsp3) is 0.300. The Kier molecular flexibility index (Phi) is 4.75. The van der Waals surface area contributed by atoms with E-state index in [1.54, 1.807) is 28.2 Å². The predicted molar refractivity (Wildman–Crippen MR) is 110 cm³/mol. The molecule has 1 aliphatic rings. The van der Waals surface area contributed by atoms with Crippen LogP contribution < -0.4 is 10.2 Å². The summed E-state index contributed by atoms with van der Waals surface area (Å²) in [5.41, 5.74) is 3.38. The lowest BCUT2D eigenvalue weighted by molar-refractivity contribution is 0.0496. The van der Waals surface area contributed by atoms with Crippen molar-refractivity contribution in [2.75, 3.05) is 30.0 Å². The lowest BCUT2D eigenvalue weighted by Crippen LogP contribution is -2.42. The van der Waals surface area contributed by atoms with Crippen LogP contribution >= 0.6 is 0 Å². The summed E-state index contributed by atoms with van der Waals surface area (Å²) in [7, 11) is 1.85. The second-order valence-corrected chi connectivity index (χ2v) is 7.18. The average Bonchev–Trinajstić information content (AvgIpc) is 3.34. The number of aryl methyl sites for hydroxylation is 1. The van der Waals surface area contributed by atoms with E-state index < -0.39 is 6.30 Å². The Morgan fingerprint density at radius 1 is 1.23 bits per heavy atom. The van der Waals surface area contributed by atoms with Crippen molar-refractivity contribution in [2.24, 2.45) is 7.05 Å². The summed E-state index contributed by atoms with van der Waals surface area (Å²) in [4.78, 5) is 10.7. The second kappa shape index (κ2) is 7.71. The van der Waals surface area contributed by atoms with E-state index >= 15 is 0 Å². The Bertz CT molecular complexity index is 1170. The zero-order valence-corrected chi connectivity index (χ0v) is 16.4. The van der Waals surface area contributed by atoms with Crippen LogP contribution in [0.2, 0.25) is 0 Å². The van der Waals surface area contributed by atoms with Crippen molar-refractivity contribution in [3.8, 4) is 0 Å². The molecule has 1 fully saturated rings. The molecule has 1 aliphatic heterocycles. The molecule has 1 atom stereocenters. The van der Waals surface area contributed by atoms with Crippen LogP contribution in [0.5, 0.6) is 0 Å². The fourth-order valence-corrected chi connectivity index (χ4v) is 3.53. The molecule has 3 aromatic heterocycles. The number of alkyl halides is 1. The van der Waals surface area contributed by atoms with Gasteiger partial charge < -0.3 is 15.0 Å². The van der Waals surface area contributed by atoms with Crippen LogP contribution in [0.1, 0.15) is 5.56 Å². The maximum Gasteiger partial charge on any atom is 0.229 e. The van der Waals surface area contributed by atoms with Gasteiger partial charge in [0, 0.05) is 31.7 Å². The summed E-state index contributed by atoms with van der Waals surface area (Å²) in [6.45, 7) is 1.67. The van der Waals surface area contributed by atoms with Gasteiger partial charge in [-0.2, -0.15) is 15.2 Å². The van der Waals surface area contributed by atoms with E-state index in [0.717, 1.165) is 28.0 Å². The number of morpholine rings is 1. The molecule has 0 spiro atoms. The van der Waals surface area contributed by atoms with Crippen LogP contribution in [0.25, 0.3) is 11.0 Å². The highest BCUT2D eigenvalue weighted by Crippen LogP contribution is 2.23. The van der Waals surface area contributed by atoms with Crippen LogP contribution in [0.4, 0.5) is 21.7 Å². The van der Waals surface area contributed by atoms with Crippen molar-refractivity contribution >= 4 is 28.4 Å². The first-order valence-electron chi connectivity index (χ1n) is 9.67. The van der Waals surface area contributed by atoms with Crippen molar-refractivity contribution in [2.45, 2.75) is 12.8 Å². The van der Waals surface area contributed by atoms with Gasteiger partial charge in [0.15, 0.2) is 11.9 Å². The Labute approximate surface area is 172 Å².